The van der Waals surface area contributed by atoms with Gasteiger partial charge in [-0.1, -0.05) is 24.3 Å². The van der Waals surface area contributed by atoms with Crippen LogP contribution in [0.15, 0.2) is 42.5 Å². The fourth-order valence-electron chi connectivity index (χ4n) is 5.07. The summed E-state index contributed by atoms with van der Waals surface area (Å²) in [6.45, 7) is 7.79. The molecule has 2 aliphatic rings. The molecule has 1 fully saturated rings. The van der Waals surface area contributed by atoms with Crippen molar-refractivity contribution >= 4 is 33.8 Å². The first-order valence-corrected chi connectivity index (χ1v) is 15.7. The van der Waals surface area contributed by atoms with E-state index in [1.807, 2.05) is 0 Å². The van der Waals surface area contributed by atoms with Crippen LogP contribution < -0.4 is 9.04 Å². The number of amides is 1. The molecule has 2 aromatic carbocycles. The minimum absolute atomic E-state index is 0.00590. The minimum atomic E-state index is -4.25. The number of sulfonamides is 1. The molecule has 2 aliphatic heterocycles. The molecule has 2 heterocycles. The molecule has 230 valence electrons. The number of likely N-dealkylation sites (tertiary alicyclic amines) is 1. The highest BCUT2D eigenvalue weighted by Gasteiger charge is 2.40. The van der Waals surface area contributed by atoms with Crippen LogP contribution in [0.1, 0.15) is 57.2 Å². The second-order valence-electron chi connectivity index (χ2n) is 11.4. The van der Waals surface area contributed by atoms with Crippen molar-refractivity contribution in [2.24, 2.45) is 0 Å². The van der Waals surface area contributed by atoms with E-state index in [9.17, 15) is 23.3 Å². The van der Waals surface area contributed by atoms with Crippen LogP contribution in [0.25, 0.3) is 6.08 Å². The third kappa shape index (κ3) is 7.84. The van der Waals surface area contributed by atoms with Crippen molar-refractivity contribution in [2.45, 2.75) is 64.7 Å². The summed E-state index contributed by atoms with van der Waals surface area (Å²) in [5, 5.41) is 9.21. The van der Waals surface area contributed by atoms with Gasteiger partial charge in [0.1, 0.15) is 11.7 Å². The van der Waals surface area contributed by atoms with Gasteiger partial charge in [-0.05, 0) is 57.5 Å². The average molecular weight is 614 g/mol. The Bertz CT molecular complexity index is 1540. The molecule has 1 atom stereocenters. The van der Waals surface area contributed by atoms with E-state index in [0.717, 1.165) is 4.31 Å². The van der Waals surface area contributed by atoms with Crippen molar-refractivity contribution < 1.29 is 36.6 Å². The fourth-order valence-corrected chi connectivity index (χ4v) is 6.62. The predicted molar refractivity (Wildman–Crippen MR) is 158 cm³/mol. The molecule has 0 aliphatic carbocycles. The van der Waals surface area contributed by atoms with Crippen molar-refractivity contribution in [2.75, 3.05) is 29.8 Å². The van der Waals surface area contributed by atoms with Gasteiger partial charge < -0.3 is 19.1 Å². The standard InChI is InChI=1S/C31H36FN3O7S/c1-5-40-28(36)20-43(38,39)35-23(10-9-21-7-6-8-22(17-21)19-33)18-25-26(35)11-12-27(29(25)32)41-24-13-15-34(16-14-24)30(37)42-31(2,3)4/h6-12,17,23-24H,5,13-16,18,20H2,1-4H3/b10-9+. The van der Waals surface area contributed by atoms with E-state index in [4.69, 9.17) is 14.2 Å². The monoisotopic (exact) mass is 613 g/mol. The van der Waals surface area contributed by atoms with E-state index < -0.39 is 45.3 Å². The molecule has 1 amide bonds. The van der Waals surface area contributed by atoms with Gasteiger partial charge in [0.15, 0.2) is 17.3 Å². The summed E-state index contributed by atoms with van der Waals surface area (Å²) in [4.78, 5) is 26.1. The Morgan fingerprint density at radius 1 is 1.16 bits per heavy atom. The van der Waals surface area contributed by atoms with Gasteiger partial charge in [-0.2, -0.15) is 5.26 Å². The summed E-state index contributed by atoms with van der Waals surface area (Å²) in [5.74, 6) is -2.49. The van der Waals surface area contributed by atoms with E-state index in [1.165, 1.54) is 12.1 Å². The van der Waals surface area contributed by atoms with Crippen LogP contribution in [0, 0.1) is 17.1 Å². The molecule has 1 unspecified atom stereocenters. The van der Waals surface area contributed by atoms with Gasteiger partial charge in [-0.3, -0.25) is 9.10 Å². The second kappa shape index (κ2) is 13.0. The summed E-state index contributed by atoms with van der Waals surface area (Å²) in [7, 11) is -4.25. The zero-order valence-corrected chi connectivity index (χ0v) is 25.5. The van der Waals surface area contributed by atoms with Gasteiger partial charge in [0, 0.05) is 37.9 Å². The van der Waals surface area contributed by atoms with Crippen molar-refractivity contribution in [1.82, 2.24) is 4.90 Å². The predicted octanol–water partition coefficient (Wildman–Crippen LogP) is 4.81. The van der Waals surface area contributed by atoms with Crippen molar-refractivity contribution in [3.05, 3.63) is 65.0 Å². The van der Waals surface area contributed by atoms with Gasteiger partial charge in [-0.15, -0.1) is 0 Å². The van der Waals surface area contributed by atoms with Crippen LogP contribution in [0.3, 0.4) is 0 Å². The molecule has 0 spiro atoms. The van der Waals surface area contributed by atoms with E-state index in [0.29, 0.717) is 37.1 Å². The molecule has 2 aromatic rings. The van der Waals surface area contributed by atoms with E-state index >= 15 is 4.39 Å². The first-order valence-electron chi connectivity index (χ1n) is 14.1. The SMILES string of the molecule is CCOC(=O)CS(=O)(=O)N1c2ccc(OC3CCN(C(=O)OC(C)(C)C)CC3)c(F)c2CC1/C=C/c1cccc(C#N)c1. The molecule has 0 N–H and O–H groups in total. The van der Waals surface area contributed by atoms with Gasteiger partial charge in [0.05, 0.1) is 30.0 Å². The number of halogens is 1. The lowest BCUT2D eigenvalue weighted by molar-refractivity contribution is -0.139. The lowest BCUT2D eigenvalue weighted by Gasteiger charge is -2.33. The maximum atomic E-state index is 15.9. The van der Waals surface area contributed by atoms with E-state index in [1.54, 1.807) is 69.0 Å². The average Bonchev–Trinajstić information content (AvgIpc) is 3.33. The van der Waals surface area contributed by atoms with Crippen LogP contribution in [0.2, 0.25) is 0 Å². The summed E-state index contributed by atoms with van der Waals surface area (Å²) in [6.07, 6.45) is 3.48. The van der Waals surface area contributed by atoms with Crippen LogP contribution in [-0.4, -0.2) is 68.6 Å². The third-order valence-electron chi connectivity index (χ3n) is 6.95. The molecule has 10 nitrogen and oxygen atoms in total. The van der Waals surface area contributed by atoms with Gasteiger partial charge in [0.25, 0.3) is 0 Å². The topological polar surface area (TPSA) is 126 Å². The summed E-state index contributed by atoms with van der Waals surface area (Å²) in [5.41, 5.74) is 0.767. The number of nitriles is 1. The Morgan fingerprint density at radius 3 is 2.53 bits per heavy atom. The number of nitrogens with zero attached hydrogens (tertiary/aromatic N) is 3. The maximum Gasteiger partial charge on any atom is 0.410 e. The van der Waals surface area contributed by atoms with E-state index in [-0.39, 0.29) is 36.1 Å². The van der Waals surface area contributed by atoms with Gasteiger partial charge >= 0.3 is 12.1 Å². The normalized spacial score (nSPS) is 17.4. The number of anilines is 1. The molecule has 0 bridgehead atoms. The third-order valence-corrected chi connectivity index (χ3v) is 8.62. The first-order chi connectivity index (χ1) is 20.3. The smallest absolute Gasteiger partial charge is 0.410 e. The summed E-state index contributed by atoms with van der Waals surface area (Å²) in [6, 6.07) is 10.9. The Labute approximate surface area is 251 Å². The zero-order chi connectivity index (χ0) is 31.4. The van der Waals surface area contributed by atoms with Gasteiger partial charge in [0.2, 0.25) is 10.0 Å². The summed E-state index contributed by atoms with van der Waals surface area (Å²) >= 11 is 0. The molecule has 0 aromatic heterocycles. The molecule has 0 saturated carbocycles. The Kier molecular flexibility index (Phi) is 9.65. The number of fused-ring (bicyclic) bond motifs is 1. The highest BCUT2D eigenvalue weighted by Crippen LogP contribution is 2.41. The van der Waals surface area contributed by atoms with Crippen molar-refractivity contribution in [3.63, 3.8) is 0 Å². The van der Waals surface area contributed by atoms with Crippen LogP contribution >= 0.6 is 0 Å². The number of benzene rings is 2. The summed E-state index contributed by atoms with van der Waals surface area (Å²) < 4.78 is 60.2. The Morgan fingerprint density at radius 2 is 1.88 bits per heavy atom. The molecule has 0 radical (unpaired) electrons. The second-order valence-corrected chi connectivity index (χ2v) is 13.2. The van der Waals surface area contributed by atoms with Gasteiger partial charge in [-0.25, -0.2) is 17.6 Å². The molecule has 43 heavy (non-hydrogen) atoms. The first kappa shape index (κ1) is 31.8. The van der Waals surface area contributed by atoms with Crippen molar-refractivity contribution in [3.8, 4) is 11.8 Å². The number of esters is 1. The molecule has 12 heteroatoms. The fraction of sp³-hybridized carbons (Fsp3) is 0.452. The zero-order valence-electron chi connectivity index (χ0n) is 24.7. The van der Waals surface area contributed by atoms with Crippen LogP contribution in [0.4, 0.5) is 14.9 Å². The largest absolute Gasteiger partial charge is 0.487 e. The quantitative estimate of drug-likeness (QED) is 0.388. The Balaban J connectivity index is 1.56. The number of hydrogen-bond acceptors (Lipinski definition) is 8. The number of carbonyl (C=O) groups excluding carboxylic acids is 2. The molecule has 1 saturated heterocycles. The number of ether oxygens (including phenoxy) is 3. The Hall–Kier alpha value is -4.11. The van der Waals surface area contributed by atoms with Crippen LogP contribution in [-0.2, 0) is 30.7 Å². The molecular weight excluding hydrogens is 577 g/mol. The number of rotatable bonds is 8. The van der Waals surface area contributed by atoms with Crippen LogP contribution in [0.5, 0.6) is 5.75 Å². The highest BCUT2D eigenvalue weighted by molar-refractivity contribution is 7.93. The lowest BCUT2D eigenvalue weighted by atomic mass is 10.1. The molecule has 4 rings (SSSR count). The lowest BCUT2D eigenvalue weighted by Crippen LogP contribution is -2.44. The number of piperidine rings is 1. The van der Waals surface area contributed by atoms with Crippen molar-refractivity contribution in [1.29, 1.82) is 5.26 Å². The number of hydrogen-bond donors (Lipinski definition) is 0. The number of carbonyl (C=O) groups is 2. The van der Waals surface area contributed by atoms with E-state index in [2.05, 4.69) is 6.07 Å². The maximum absolute atomic E-state index is 15.9. The molecular formula is C31H36FN3O7S. The highest BCUT2D eigenvalue weighted by atomic mass is 32.2. The minimum Gasteiger partial charge on any atom is -0.487 e.